The second-order valence-corrected chi connectivity index (χ2v) is 7.15. The van der Waals surface area contributed by atoms with E-state index in [1.165, 1.54) is 96.8 Å². The van der Waals surface area contributed by atoms with Gasteiger partial charge in [0.15, 0.2) is 0 Å². The molecule has 0 spiro atoms. The Morgan fingerprint density at radius 2 is 1.08 bits per heavy atom. The van der Waals surface area contributed by atoms with Crippen molar-refractivity contribution in [2.24, 2.45) is 0 Å². The van der Waals surface area contributed by atoms with Crippen LogP contribution < -0.4 is 29.6 Å². The molecule has 0 aromatic carbocycles. The molecule has 0 aliphatic heterocycles. The molecule has 5 heteroatoms. The van der Waals surface area contributed by atoms with Crippen molar-refractivity contribution < 1.29 is 48.5 Å². The minimum atomic E-state index is -0.994. The topological polar surface area (TPSA) is 46.5 Å². The van der Waals surface area contributed by atoms with Crippen LogP contribution in [-0.4, -0.2) is 61.5 Å². The zero-order valence-corrected chi connectivity index (χ0v) is 22.3. The van der Waals surface area contributed by atoms with E-state index in [0.29, 0.717) is 6.61 Å². The van der Waals surface area contributed by atoms with Gasteiger partial charge >= 0.3 is 73.3 Å². The predicted molar refractivity (Wildman–Crippen MR) is 111 cm³/mol. The van der Waals surface area contributed by atoms with Crippen LogP contribution in [0.5, 0.6) is 0 Å². The molecule has 1 atom stereocenters. The molecule has 0 amide bonds. The molecule has 0 aromatic heterocycles. The van der Waals surface area contributed by atoms with Gasteiger partial charge in [-0.3, -0.25) is 0 Å². The quantitative estimate of drug-likeness (QED) is 0.215. The van der Waals surface area contributed by atoms with Gasteiger partial charge in [0, 0.05) is 0 Å². The molecule has 1 N–H and O–H groups in total. The Hall–Kier alpha value is 1.69. The van der Waals surface area contributed by atoms with Gasteiger partial charge < -0.3 is 14.1 Å². The normalized spacial score (nSPS) is 11.3. The molecule has 0 fully saturated rings. The van der Waals surface area contributed by atoms with Gasteiger partial charge in [0.2, 0.25) is 0 Å². The first-order chi connectivity index (χ1) is 11.7. The molecule has 0 saturated heterocycles. The van der Waals surface area contributed by atoms with Crippen LogP contribution in [0.1, 0.15) is 121 Å². The first-order valence-electron chi connectivity index (χ1n) is 10.5. The molecule has 1 unspecified atom stereocenters. The summed E-state index contributed by atoms with van der Waals surface area (Å²) in [5.74, 6) is -0.504. The van der Waals surface area contributed by atoms with Gasteiger partial charge in [-0.05, 0) is 13.3 Å². The Bertz CT molecular complexity index is 290. The van der Waals surface area contributed by atoms with E-state index in [1.807, 2.05) is 0 Å². The maximum Gasteiger partial charge on any atom is 2.00 e. The zero-order chi connectivity index (χ0) is 17.9. The molecular weight excluding hydrogens is 363 g/mol. The van der Waals surface area contributed by atoms with Gasteiger partial charge in [0.1, 0.15) is 6.10 Å². The first kappa shape index (κ1) is 32.4. The van der Waals surface area contributed by atoms with Crippen molar-refractivity contribution in [2.75, 3.05) is 6.61 Å². The Kier molecular flexibility index (Phi) is 33.2. The number of aliphatic hydroxyl groups is 1. The summed E-state index contributed by atoms with van der Waals surface area (Å²) in [4.78, 5) is 11.0. The molecule has 150 valence electrons. The van der Waals surface area contributed by atoms with Crippen molar-refractivity contribution in [3.8, 4) is 0 Å². The standard InChI is InChI=1S/C21H42O3.Ca.Na.3H/c1-3-4-5-6-7-8-9-10-11-12-13-14-15-16-17-18-19-24-21(23)20(2)22;;;;;/h20,22H,3-19H2,1-2H3;;;;;/q;+2;+1;3*-1. The number of ether oxygens (including phenoxy) is 1. The van der Waals surface area contributed by atoms with E-state index in [9.17, 15) is 4.79 Å². The van der Waals surface area contributed by atoms with E-state index < -0.39 is 12.1 Å². The van der Waals surface area contributed by atoms with Crippen molar-refractivity contribution in [1.29, 1.82) is 0 Å². The second kappa shape index (κ2) is 26.7. The van der Waals surface area contributed by atoms with Crippen molar-refractivity contribution in [1.82, 2.24) is 0 Å². The third kappa shape index (κ3) is 25.7. The van der Waals surface area contributed by atoms with Crippen molar-refractivity contribution in [3.63, 3.8) is 0 Å². The average molecular weight is 409 g/mol. The van der Waals surface area contributed by atoms with Crippen LogP contribution in [0.25, 0.3) is 0 Å². The minimum absolute atomic E-state index is 0. The molecule has 0 aliphatic carbocycles. The van der Waals surface area contributed by atoms with Crippen LogP contribution in [0.4, 0.5) is 0 Å². The number of hydrogen-bond donors (Lipinski definition) is 1. The number of unbranched alkanes of at least 4 members (excludes halogenated alkanes) is 15. The van der Waals surface area contributed by atoms with Crippen LogP contribution in [-0.2, 0) is 9.53 Å². The summed E-state index contributed by atoms with van der Waals surface area (Å²) >= 11 is 0. The van der Waals surface area contributed by atoms with Crippen LogP contribution in [0, 0.1) is 0 Å². The first-order valence-corrected chi connectivity index (χ1v) is 10.5. The Morgan fingerprint density at radius 3 is 1.38 bits per heavy atom. The number of aliphatic hydroxyl groups excluding tert-OH is 1. The second-order valence-electron chi connectivity index (χ2n) is 7.15. The number of carbonyl (C=O) groups excluding carboxylic acids is 1. The minimum Gasteiger partial charge on any atom is -1.00 e. The fourth-order valence-electron chi connectivity index (χ4n) is 2.94. The van der Waals surface area contributed by atoms with E-state index >= 15 is 0 Å². The summed E-state index contributed by atoms with van der Waals surface area (Å²) in [7, 11) is 0. The summed E-state index contributed by atoms with van der Waals surface area (Å²) in [6.07, 6.45) is 20.4. The molecule has 3 nitrogen and oxygen atoms in total. The summed E-state index contributed by atoms with van der Waals surface area (Å²) in [5.41, 5.74) is 0. The van der Waals surface area contributed by atoms with Gasteiger partial charge in [-0.2, -0.15) is 0 Å². The SMILES string of the molecule is CCCCCCCCCCCCCCCCCCOC(=O)C(C)O.[Ca+2].[H-].[H-].[H-].[Na+]. The molecule has 0 aromatic rings. The molecule has 0 heterocycles. The maximum atomic E-state index is 11.0. The van der Waals surface area contributed by atoms with Crippen LogP contribution in [0.3, 0.4) is 0 Å². The van der Waals surface area contributed by atoms with Crippen molar-refractivity contribution in [3.05, 3.63) is 0 Å². The molecule has 0 bridgehead atoms. The fraction of sp³-hybridized carbons (Fsp3) is 0.952. The average Bonchev–Trinajstić information content (AvgIpc) is 2.57. The predicted octanol–water partition coefficient (Wildman–Crippen LogP) is 3.13. The van der Waals surface area contributed by atoms with Gasteiger partial charge in [-0.1, -0.05) is 103 Å². The van der Waals surface area contributed by atoms with Crippen LogP contribution >= 0.6 is 0 Å². The largest absolute Gasteiger partial charge is 2.00 e. The van der Waals surface area contributed by atoms with Gasteiger partial charge in [-0.25, -0.2) is 4.79 Å². The van der Waals surface area contributed by atoms with E-state index in [1.54, 1.807) is 0 Å². The molecule has 26 heavy (non-hydrogen) atoms. The summed E-state index contributed by atoms with van der Waals surface area (Å²) in [5, 5.41) is 8.98. The maximum absolute atomic E-state index is 11.0. The smallest absolute Gasteiger partial charge is 1.00 e. The monoisotopic (exact) mass is 408 g/mol. The van der Waals surface area contributed by atoms with Crippen molar-refractivity contribution in [2.45, 2.75) is 123 Å². The third-order valence-corrected chi connectivity index (χ3v) is 4.58. The number of esters is 1. The van der Waals surface area contributed by atoms with Crippen molar-refractivity contribution >= 4 is 43.7 Å². The molecule has 0 rings (SSSR count). The number of hydrogen-bond acceptors (Lipinski definition) is 3. The van der Waals surface area contributed by atoms with E-state index in [-0.39, 0.29) is 71.6 Å². The number of rotatable bonds is 18. The Morgan fingerprint density at radius 1 is 0.769 bits per heavy atom. The Balaban J connectivity index is -0.000000264. The van der Waals surface area contributed by atoms with Gasteiger partial charge in [0.25, 0.3) is 0 Å². The van der Waals surface area contributed by atoms with Gasteiger partial charge in [0.05, 0.1) is 6.61 Å². The third-order valence-electron chi connectivity index (χ3n) is 4.58. The number of carbonyl (C=O) groups is 1. The van der Waals surface area contributed by atoms with Gasteiger partial charge in [-0.15, -0.1) is 0 Å². The molecule has 0 radical (unpaired) electrons. The Labute approximate surface area is 219 Å². The zero-order valence-electron chi connectivity index (χ0n) is 21.1. The summed E-state index contributed by atoms with van der Waals surface area (Å²) in [6.45, 7) is 4.16. The molecule has 0 saturated carbocycles. The van der Waals surface area contributed by atoms with Crippen LogP contribution in [0.15, 0.2) is 0 Å². The van der Waals surface area contributed by atoms with E-state index in [4.69, 9.17) is 9.84 Å². The molecular formula is C21H45CaNaO3. The van der Waals surface area contributed by atoms with E-state index in [2.05, 4.69) is 6.92 Å². The molecule has 0 aliphatic rings. The summed E-state index contributed by atoms with van der Waals surface area (Å²) in [6, 6.07) is 0. The fourth-order valence-corrected chi connectivity index (χ4v) is 2.94. The summed E-state index contributed by atoms with van der Waals surface area (Å²) < 4.78 is 4.93. The van der Waals surface area contributed by atoms with E-state index in [0.717, 1.165) is 12.8 Å². The van der Waals surface area contributed by atoms with Crippen LogP contribution in [0.2, 0.25) is 0 Å².